The van der Waals surface area contributed by atoms with Gasteiger partial charge in [-0.25, -0.2) is 4.98 Å². The van der Waals surface area contributed by atoms with Gasteiger partial charge >= 0.3 is 0 Å². The molecule has 1 aromatic rings. The van der Waals surface area contributed by atoms with Gasteiger partial charge in [-0.1, -0.05) is 41.5 Å². The van der Waals surface area contributed by atoms with Gasteiger partial charge < -0.3 is 0 Å². The van der Waals surface area contributed by atoms with Gasteiger partial charge in [-0.05, 0) is 37.5 Å². The van der Waals surface area contributed by atoms with Crippen LogP contribution in [0.15, 0.2) is 0 Å². The zero-order chi connectivity index (χ0) is 16.2. The Kier molecular flexibility index (Phi) is 6.50. The molecule has 1 heterocycles. The highest BCUT2D eigenvalue weighted by Crippen LogP contribution is 2.18. The maximum absolute atomic E-state index is 12.5. The van der Waals surface area contributed by atoms with E-state index in [4.69, 9.17) is 9.97 Å². The number of rotatable bonds is 7. The first-order valence-corrected chi connectivity index (χ1v) is 8.10. The Bertz CT molecular complexity index is 490. The molecule has 0 aliphatic carbocycles. The SMILES string of the molecule is Cc1nc(CC(C)C)c(C(=O)CC(C)C)nc1CC(C)C. The molecule has 0 saturated heterocycles. The molecule has 0 spiro atoms. The summed E-state index contributed by atoms with van der Waals surface area (Å²) in [6.45, 7) is 14.8. The fourth-order valence-corrected chi connectivity index (χ4v) is 2.40. The number of aryl methyl sites for hydroxylation is 1. The molecule has 118 valence electrons. The molecule has 0 atom stereocenters. The van der Waals surface area contributed by atoms with Crippen LogP contribution in [0.1, 0.15) is 75.5 Å². The predicted octanol–water partition coefficient (Wildman–Crippen LogP) is 4.41. The number of Topliss-reactive ketones (excluding diaryl/α,β-unsaturated/α-hetero) is 1. The van der Waals surface area contributed by atoms with Crippen LogP contribution >= 0.6 is 0 Å². The van der Waals surface area contributed by atoms with E-state index in [-0.39, 0.29) is 5.78 Å². The fourth-order valence-electron chi connectivity index (χ4n) is 2.40. The summed E-state index contributed by atoms with van der Waals surface area (Å²) in [4.78, 5) is 21.9. The van der Waals surface area contributed by atoms with Crippen LogP contribution in [0.5, 0.6) is 0 Å². The zero-order valence-corrected chi connectivity index (χ0v) is 14.7. The summed E-state index contributed by atoms with van der Waals surface area (Å²) in [6, 6.07) is 0. The van der Waals surface area contributed by atoms with E-state index in [1.54, 1.807) is 0 Å². The lowest BCUT2D eigenvalue weighted by Gasteiger charge is -2.15. The van der Waals surface area contributed by atoms with Gasteiger partial charge in [0, 0.05) is 6.42 Å². The monoisotopic (exact) mass is 290 g/mol. The minimum absolute atomic E-state index is 0.137. The first-order valence-electron chi connectivity index (χ1n) is 8.10. The summed E-state index contributed by atoms with van der Waals surface area (Å²) >= 11 is 0. The molecular formula is C18H30N2O. The van der Waals surface area contributed by atoms with Crippen molar-refractivity contribution in [1.29, 1.82) is 0 Å². The number of carbonyl (C=O) groups excluding carboxylic acids is 1. The molecule has 1 aromatic heterocycles. The van der Waals surface area contributed by atoms with Crippen LogP contribution in [0.3, 0.4) is 0 Å². The molecule has 0 fully saturated rings. The molecule has 0 amide bonds. The highest BCUT2D eigenvalue weighted by molar-refractivity contribution is 5.95. The van der Waals surface area contributed by atoms with Crippen LogP contribution in [0.2, 0.25) is 0 Å². The van der Waals surface area contributed by atoms with Gasteiger partial charge in [-0.15, -0.1) is 0 Å². The second kappa shape index (κ2) is 7.67. The normalized spacial score (nSPS) is 11.7. The van der Waals surface area contributed by atoms with Crippen molar-refractivity contribution < 1.29 is 4.79 Å². The lowest BCUT2D eigenvalue weighted by molar-refractivity contribution is 0.0961. The van der Waals surface area contributed by atoms with E-state index in [2.05, 4.69) is 41.5 Å². The molecule has 0 aliphatic rings. The van der Waals surface area contributed by atoms with E-state index in [9.17, 15) is 4.79 Å². The Morgan fingerprint density at radius 3 is 1.86 bits per heavy atom. The van der Waals surface area contributed by atoms with Crippen LogP contribution in [-0.4, -0.2) is 15.8 Å². The molecular weight excluding hydrogens is 260 g/mol. The Hall–Kier alpha value is -1.25. The maximum Gasteiger partial charge on any atom is 0.183 e. The lowest BCUT2D eigenvalue weighted by atomic mass is 9.98. The molecule has 0 bridgehead atoms. The van der Waals surface area contributed by atoms with Crippen LogP contribution < -0.4 is 0 Å². The summed E-state index contributed by atoms with van der Waals surface area (Å²) < 4.78 is 0. The standard InChI is InChI=1S/C18H30N2O/c1-11(2)8-15-14(7)19-16(9-12(3)4)18(20-15)17(21)10-13(5)6/h11-13H,8-10H2,1-7H3. The number of hydrogen-bond donors (Lipinski definition) is 0. The third kappa shape index (κ3) is 5.56. The maximum atomic E-state index is 12.5. The van der Waals surface area contributed by atoms with Crippen molar-refractivity contribution in [2.75, 3.05) is 0 Å². The Morgan fingerprint density at radius 2 is 1.38 bits per heavy atom. The van der Waals surface area contributed by atoms with E-state index in [1.165, 1.54) is 0 Å². The predicted molar refractivity (Wildman–Crippen MR) is 87.6 cm³/mol. The smallest absolute Gasteiger partial charge is 0.183 e. The Morgan fingerprint density at radius 1 is 0.857 bits per heavy atom. The van der Waals surface area contributed by atoms with Gasteiger partial charge in [0.05, 0.1) is 17.1 Å². The number of carbonyl (C=O) groups is 1. The molecule has 0 saturated carbocycles. The van der Waals surface area contributed by atoms with Crippen molar-refractivity contribution in [2.24, 2.45) is 17.8 Å². The average molecular weight is 290 g/mol. The van der Waals surface area contributed by atoms with Gasteiger partial charge in [-0.2, -0.15) is 0 Å². The van der Waals surface area contributed by atoms with Crippen LogP contribution in [-0.2, 0) is 12.8 Å². The first-order chi connectivity index (χ1) is 9.70. The van der Waals surface area contributed by atoms with Crippen LogP contribution in [0.4, 0.5) is 0 Å². The largest absolute Gasteiger partial charge is 0.292 e. The summed E-state index contributed by atoms with van der Waals surface area (Å²) in [7, 11) is 0. The minimum atomic E-state index is 0.137. The molecule has 0 aromatic carbocycles. The highest BCUT2D eigenvalue weighted by Gasteiger charge is 2.19. The second-order valence-corrected chi connectivity index (χ2v) is 7.27. The Labute approximate surface area is 129 Å². The molecule has 21 heavy (non-hydrogen) atoms. The van der Waals surface area contributed by atoms with Gasteiger partial charge in [0.2, 0.25) is 0 Å². The van der Waals surface area contributed by atoms with E-state index in [0.29, 0.717) is 29.9 Å². The summed E-state index contributed by atoms with van der Waals surface area (Å²) in [5, 5.41) is 0. The van der Waals surface area contributed by atoms with E-state index in [0.717, 1.165) is 29.9 Å². The molecule has 0 radical (unpaired) electrons. The topological polar surface area (TPSA) is 42.9 Å². The van der Waals surface area contributed by atoms with E-state index < -0.39 is 0 Å². The fraction of sp³-hybridized carbons (Fsp3) is 0.722. The highest BCUT2D eigenvalue weighted by atomic mass is 16.1. The Balaban J connectivity index is 3.23. The summed E-state index contributed by atoms with van der Waals surface area (Å²) in [5.74, 6) is 1.47. The van der Waals surface area contributed by atoms with Gasteiger partial charge in [0.25, 0.3) is 0 Å². The van der Waals surface area contributed by atoms with Crippen molar-refractivity contribution in [3.63, 3.8) is 0 Å². The molecule has 3 heteroatoms. The van der Waals surface area contributed by atoms with E-state index in [1.807, 2.05) is 6.92 Å². The second-order valence-electron chi connectivity index (χ2n) is 7.27. The summed E-state index contributed by atoms with van der Waals surface area (Å²) in [6.07, 6.45) is 2.24. The van der Waals surface area contributed by atoms with Crippen molar-refractivity contribution in [3.05, 3.63) is 22.8 Å². The average Bonchev–Trinajstić information content (AvgIpc) is 2.30. The molecule has 0 aliphatic heterocycles. The first kappa shape index (κ1) is 17.8. The van der Waals surface area contributed by atoms with Crippen molar-refractivity contribution in [1.82, 2.24) is 9.97 Å². The third-order valence-electron chi connectivity index (χ3n) is 3.30. The lowest BCUT2D eigenvalue weighted by Crippen LogP contribution is -2.16. The quantitative estimate of drug-likeness (QED) is 0.698. The van der Waals surface area contributed by atoms with E-state index >= 15 is 0 Å². The number of hydrogen-bond acceptors (Lipinski definition) is 3. The molecule has 3 nitrogen and oxygen atoms in total. The molecule has 1 rings (SSSR count). The summed E-state index contributed by atoms with van der Waals surface area (Å²) in [5.41, 5.74) is 3.43. The van der Waals surface area contributed by atoms with Gasteiger partial charge in [-0.3, -0.25) is 9.78 Å². The minimum Gasteiger partial charge on any atom is -0.292 e. The number of aromatic nitrogens is 2. The van der Waals surface area contributed by atoms with Crippen molar-refractivity contribution >= 4 is 5.78 Å². The molecule has 0 N–H and O–H groups in total. The number of nitrogens with zero attached hydrogens (tertiary/aromatic N) is 2. The third-order valence-corrected chi connectivity index (χ3v) is 3.30. The molecule has 0 unspecified atom stereocenters. The van der Waals surface area contributed by atoms with Crippen molar-refractivity contribution in [3.8, 4) is 0 Å². The van der Waals surface area contributed by atoms with Crippen molar-refractivity contribution in [2.45, 2.75) is 67.7 Å². The van der Waals surface area contributed by atoms with Gasteiger partial charge in [0.15, 0.2) is 5.78 Å². The van der Waals surface area contributed by atoms with Crippen LogP contribution in [0.25, 0.3) is 0 Å². The van der Waals surface area contributed by atoms with Crippen LogP contribution in [0, 0.1) is 24.7 Å². The number of ketones is 1. The van der Waals surface area contributed by atoms with Gasteiger partial charge in [0.1, 0.15) is 5.69 Å². The zero-order valence-electron chi connectivity index (χ0n) is 14.7.